The van der Waals surface area contributed by atoms with Gasteiger partial charge < -0.3 is 9.47 Å². The first-order valence-corrected chi connectivity index (χ1v) is 8.77. The maximum absolute atomic E-state index is 13.1. The minimum Gasteiger partial charge on any atom is -0.497 e. The fourth-order valence-electron chi connectivity index (χ4n) is 2.83. The molecule has 28 heavy (non-hydrogen) atoms. The van der Waals surface area contributed by atoms with E-state index in [0.29, 0.717) is 22.5 Å². The average molecular weight is 377 g/mol. The second-order valence-electron chi connectivity index (χ2n) is 6.15. The van der Waals surface area contributed by atoms with Gasteiger partial charge in [0.1, 0.15) is 17.5 Å². The summed E-state index contributed by atoms with van der Waals surface area (Å²) >= 11 is 0. The Morgan fingerprint density at radius 2 is 1.93 bits per heavy atom. The van der Waals surface area contributed by atoms with Crippen LogP contribution in [-0.4, -0.2) is 28.7 Å². The second-order valence-corrected chi connectivity index (χ2v) is 6.15. The Labute approximate surface area is 161 Å². The van der Waals surface area contributed by atoms with Crippen LogP contribution < -0.4 is 10.3 Å². The lowest BCUT2D eigenvalue weighted by molar-refractivity contribution is -0.145. The van der Waals surface area contributed by atoms with E-state index in [4.69, 9.17) is 14.7 Å². The van der Waals surface area contributed by atoms with Crippen molar-refractivity contribution in [3.8, 4) is 17.5 Å². The number of nitriles is 1. The van der Waals surface area contributed by atoms with Crippen molar-refractivity contribution < 1.29 is 14.3 Å². The summed E-state index contributed by atoms with van der Waals surface area (Å²) in [5.41, 5.74) is 1.95. The number of methoxy groups -OCH3 is 1. The van der Waals surface area contributed by atoms with Gasteiger partial charge in [0.25, 0.3) is 5.56 Å². The van der Waals surface area contributed by atoms with Gasteiger partial charge in [0.15, 0.2) is 6.10 Å². The number of ether oxygens (including phenoxy) is 2. The van der Waals surface area contributed by atoms with Crippen molar-refractivity contribution in [3.63, 3.8) is 0 Å². The van der Waals surface area contributed by atoms with E-state index in [9.17, 15) is 9.59 Å². The Hall–Kier alpha value is -3.66. The number of nitrogens with zero attached hydrogens (tertiary/aromatic N) is 3. The predicted molar refractivity (Wildman–Crippen MR) is 103 cm³/mol. The van der Waals surface area contributed by atoms with Crippen LogP contribution in [-0.2, 0) is 16.0 Å². The van der Waals surface area contributed by atoms with E-state index in [2.05, 4.69) is 4.98 Å². The van der Waals surface area contributed by atoms with Crippen molar-refractivity contribution in [3.05, 3.63) is 64.6 Å². The maximum atomic E-state index is 13.1. The quantitative estimate of drug-likeness (QED) is 0.613. The Kier molecular flexibility index (Phi) is 5.70. The largest absolute Gasteiger partial charge is 0.497 e. The summed E-state index contributed by atoms with van der Waals surface area (Å²) in [6, 6.07) is 16.3. The van der Waals surface area contributed by atoms with Crippen molar-refractivity contribution in [2.75, 3.05) is 7.11 Å². The van der Waals surface area contributed by atoms with E-state index >= 15 is 0 Å². The van der Waals surface area contributed by atoms with Crippen molar-refractivity contribution in [1.82, 2.24) is 9.55 Å². The molecule has 0 aliphatic heterocycles. The molecule has 0 aliphatic rings. The summed E-state index contributed by atoms with van der Waals surface area (Å²) in [6.07, 6.45) is -0.737. The third-order valence-electron chi connectivity index (χ3n) is 4.21. The fraction of sp³-hybridized carbons (Fsp3) is 0.238. The topological polar surface area (TPSA) is 94.2 Å². The smallest absolute Gasteiger partial charge is 0.307 e. The van der Waals surface area contributed by atoms with E-state index < -0.39 is 12.1 Å². The summed E-state index contributed by atoms with van der Waals surface area (Å²) in [5.74, 6) is 0.143. The maximum Gasteiger partial charge on any atom is 0.307 e. The molecule has 0 fully saturated rings. The Morgan fingerprint density at radius 1 is 1.21 bits per heavy atom. The van der Waals surface area contributed by atoms with Crippen LogP contribution in [0, 0.1) is 11.3 Å². The zero-order valence-corrected chi connectivity index (χ0v) is 15.6. The van der Waals surface area contributed by atoms with Crippen LogP contribution in [0.4, 0.5) is 0 Å². The third-order valence-corrected chi connectivity index (χ3v) is 4.21. The molecule has 142 valence electrons. The summed E-state index contributed by atoms with van der Waals surface area (Å²) in [5, 5.41) is 8.73. The highest BCUT2D eigenvalue weighted by atomic mass is 16.5. The first-order chi connectivity index (χ1) is 13.5. The Bertz CT molecular complexity index is 1100. The molecule has 1 atom stereocenters. The van der Waals surface area contributed by atoms with Gasteiger partial charge in [0, 0.05) is 12.1 Å². The lowest BCUT2D eigenvalue weighted by Gasteiger charge is -2.13. The number of carbonyl (C=O) groups is 1. The molecule has 0 amide bonds. The van der Waals surface area contributed by atoms with Gasteiger partial charge in [-0.05, 0) is 43.3 Å². The molecule has 1 aromatic heterocycles. The van der Waals surface area contributed by atoms with Crippen molar-refractivity contribution in [2.45, 2.75) is 25.9 Å². The van der Waals surface area contributed by atoms with Crippen molar-refractivity contribution >= 4 is 17.0 Å². The highest BCUT2D eigenvalue weighted by Crippen LogP contribution is 2.19. The number of benzene rings is 2. The molecule has 7 heteroatoms. The van der Waals surface area contributed by atoms with Crippen LogP contribution in [0.15, 0.2) is 53.3 Å². The molecule has 0 bridgehead atoms. The number of esters is 1. The minimum absolute atomic E-state index is 0.0325. The van der Waals surface area contributed by atoms with E-state index in [1.807, 2.05) is 30.3 Å². The van der Waals surface area contributed by atoms with Crippen LogP contribution in [0.1, 0.15) is 19.0 Å². The van der Waals surface area contributed by atoms with Gasteiger partial charge in [-0.25, -0.2) is 4.98 Å². The molecule has 7 nitrogen and oxygen atoms in total. The molecule has 1 heterocycles. The van der Waals surface area contributed by atoms with Crippen LogP contribution >= 0.6 is 0 Å². The molecule has 3 aromatic rings. The highest BCUT2D eigenvalue weighted by Gasteiger charge is 2.15. The number of hydrogen-bond acceptors (Lipinski definition) is 6. The molecule has 0 aliphatic carbocycles. The number of carbonyl (C=O) groups excluding carboxylic acids is 1. The zero-order valence-electron chi connectivity index (χ0n) is 15.6. The molecule has 0 spiro atoms. The van der Waals surface area contributed by atoms with Gasteiger partial charge in [-0.2, -0.15) is 5.26 Å². The van der Waals surface area contributed by atoms with Crippen molar-refractivity contribution in [1.29, 1.82) is 5.26 Å². The van der Waals surface area contributed by atoms with Gasteiger partial charge in [-0.3, -0.25) is 14.2 Å². The summed E-state index contributed by atoms with van der Waals surface area (Å²) in [4.78, 5) is 29.4. The summed E-state index contributed by atoms with van der Waals surface area (Å²) < 4.78 is 11.7. The SMILES string of the molecule is COc1ccc(-n2c(=O)c(CCC(=O)O[C@@H](C)C#N)nc3ccccc32)cc1. The van der Waals surface area contributed by atoms with Gasteiger partial charge in [0.2, 0.25) is 0 Å². The minimum atomic E-state index is -0.826. The van der Waals surface area contributed by atoms with Gasteiger partial charge >= 0.3 is 5.97 Å². The first-order valence-electron chi connectivity index (χ1n) is 8.77. The second kappa shape index (κ2) is 8.35. The number of para-hydroxylation sites is 2. The van der Waals surface area contributed by atoms with Gasteiger partial charge in [-0.1, -0.05) is 12.1 Å². The Morgan fingerprint density at radius 3 is 2.61 bits per heavy atom. The highest BCUT2D eigenvalue weighted by molar-refractivity contribution is 5.77. The predicted octanol–water partition coefficient (Wildman–Crippen LogP) is 2.78. The molecule has 3 rings (SSSR count). The molecular formula is C21H19N3O4. The molecule has 0 radical (unpaired) electrons. The molecule has 0 unspecified atom stereocenters. The summed E-state index contributed by atoms with van der Waals surface area (Å²) in [7, 11) is 1.58. The molecule has 2 aromatic carbocycles. The molecular weight excluding hydrogens is 358 g/mol. The zero-order chi connectivity index (χ0) is 20.1. The molecule has 0 saturated heterocycles. The van der Waals surface area contributed by atoms with Crippen LogP contribution in [0.5, 0.6) is 5.75 Å². The summed E-state index contributed by atoms with van der Waals surface area (Å²) in [6.45, 7) is 1.49. The van der Waals surface area contributed by atoms with E-state index in [-0.39, 0.29) is 24.1 Å². The molecule has 0 saturated carbocycles. The Balaban J connectivity index is 2.00. The first kappa shape index (κ1) is 19.1. The van der Waals surface area contributed by atoms with Crippen LogP contribution in [0.2, 0.25) is 0 Å². The normalized spacial score (nSPS) is 11.6. The van der Waals surface area contributed by atoms with Crippen LogP contribution in [0.3, 0.4) is 0 Å². The fourth-order valence-corrected chi connectivity index (χ4v) is 2.83. The van der Waals surface area contributed by atoms with Crippen LogP contribution in [0.25, 0.3) is 16.7 Å². The third kappa shape index (κ3) is 4.01. The number of fused-ring (bicyclic) bond motifs is 1. The van der Waals surface area contributed by atoms with E-state index in [0.717, 1.165) is 0 Å². The number of hydrogen-bond donors (Lipinski definition) is 0. The number of aryl methyl sites for hydroxylation is 1. The lowest BCUT2D eigenvalue weighted by Crippen LogP contribution is -2.25. The average Bonchev–Trinajstić information content (AvgIpc) is 2.72. The number of aromatic nitrogens is 2. The van der Waals surface area contributed by atoms with E-state index in [1.165, 1.54) is 6.92 Å². The van der Waals surface area contributed by atoms with Gasteiger partial charge in [0.05, 0.1) is 24.6 Å². The standard InChI is InChI=1S/C21H19N3O4/c1-14(13-22)28-20(25)12-11-18-21(26)24(15-7-9-16(27-2)10-8-15)19-6-4-3-5-17(19)23-18/h3-10,14H,11-12H2,1-2H3/t14-/m0/s1. The van der Waals surface area contributed by atoms with Crippen molar-refractivity contribution in [2.24, 2.45) is 0 Å². The van der Waals surface area contributed by atoms with Gasteiger partial charge in [-0.15, -0.1) is 0 Å². The molecule has 0 N–H and O–H groups in total. The lowest BCUT2D eigenvalue weighted by atomic mass is 10.2. The monoisotopic (exact) mass is 377 g/mol. The van der Waals surface area contributed by atoms with E-state index in [1.54, 1.807) is 35.9 Å². The number of rotatable bonds is 6.